The summed E-state index contributed by atoms with van der Waals surface area (Å²) in [7, 11) is 0. The number of unbranched alkanes of at least 4 members (excludes halogenated alkanes) is 1. The van der Waals surface area contributed by atoms with Crippen LogP contribution in [-0.4, -0.2) is 52.4 Å². The van der Waals surface area contributed by atoms with Gasteiger partial charge in [0.15, 0.2) is 0 Å². The second-order valence-electron chi connectivity index (χ2n) is 11.9. The summed E-state index contributed by atoms with van der Waals surface area (Å²) in [5.41, 5.74) is 12.8. The number of carbonyl (C=O) groups excluding carboxylic acids is 1. The van der Waals surface area contributed by atoms with Crippen LogP contribution in [0, 0.1) is 17.8 Å². The molecule has 1 fully saturated rings. The normalized spacial score (nSPS) is 23.0. The second-order valence-corrected chi connectivity index (χ2v) is 12.3. The molecule has 2 aromatic carbocycles. The van der Waals surface area contributed by atoms with Gasteiger partial charge in [0.05, 0.1) is 23.5 Å². The van der Waals surface area contributed by atoms with Gasteiger partial charge in [-0.2, -0.15) is 5.48 Å². The fourth-order valence-electron chi connectivity index (χ4n) is 6.19. The lowest BCUT2D eigenvalue weighted by Crippen LogP contribution is -2.50. The van der Waals surface area contributed by atoms with Crippen molar-refractivity contribution in [3.63, 3.8) is 0 Å². The van der Waals surface area contributed by atoms with Gasteiger partial charge in [0.25, 0.3) is 0 Å². The summed E-state index contributed by atoms with van der Waals surface area (Å²) in [5, 5.41) is 0. The standard InChI is InChI=1S/C33H47N5O2S/c1-5-6-11-31-36-25(4)30(17-32(41)37-19-23(2)16-24(3)20-37)33(39)38(31)21-26-12-14-27(15-13-26)29-10-8-7-9-28(29)18-35-40-22-34/h7-10,12-15,23-25,30,35H,5-6,11,16-22,34H2,1-4H3. The van der Waals surface area contributed by atoms with E-state index in [9.17, 15) is 4.79 Å². The molecule has 8 heteroatoms. The van der Waals surface area contributed by atoms with Crippen molar-refractivity contribution in [1.29, 1.82) is 0 Å². The number of carbonyl (C=O) groups is 1. The molecule has 1 saturated heterocycles. The van der Waals surface area contributed by atoms with Crippen molar-refractivity contribution < 1.29 is 9.63 Å². The summed E-state index contributed by atoms with van der Waals surface area (Å²) >= 11 is 5.93. The Kier molecular flexibility index (Phi) is 11.5. The fourth-order valence-corrected chi connectivity index (χ4v) is 6.52. The molecule has 222 valence electrons. The number of hydroxylamine groups is 1. The lowest BCUT2D eigenvalue weighted by Gasteiger charge is -2.40. The van der Waals surface area contributed by atoms with Crippen molar-refractivity contribution in [3.05, 3.63) is 59.7 Å². The van der Waals surface area contributed by atoms with E-state index >= 15 is 0 Å². The van der Waals surface area contributed by atoms with Gasteiger partial charge in [0.1, 0.15) is 12.6 Å². The quantitative estimate of drug-likeness (QED) is 0.141. The van der Waals surface area contributed by atoms with Crippen molar-refractivity contribution >= 4 is 28.9 Å². The monoisotopic (exact) mass is 577 g/mol. The third-order valence-electron chi connectivity index (χ3n) is 8.27. The summed E-state index contributed by atoms with van der Waals surface area (Å²) in [4.78, 5) is 29.5. The SMILES string of the molecule is CCCCC1=NC(C)C(CC(=S)N2CC(C)CC(C)C2)C(=O)N1Cc1ccc(-c2ccccc2CNOCN)cc1. The number of nitrogens with one attached hydrogen (secondary N) is 1. The zero-order chi connectivity index (χ0) is 29.4. The topological polar surface area (TPSA) is 83.2 Å². The average Bonchev–Trinajstić information content (AvgIpc) is 2.96. The third-order valence-corrected chi connectivity index (χ3v) is 8.70. The molecule has 2 heterocycles. The van der Waals surface area contributed by atoms with Gasteiger partial charge in [-0.15, -0.1) is 0 Å². The molecule has 41 heavy (non-hydrogen) atoms. The predicted molar refractivity (Wildman–Crippen MR) is 171 cm³/mol. The number of piperidine rings is 1. The van der Waals surface area contributed by atoms with Gasteiger partial charge in [-0.05, 0) is 53.9 Å². The number of nitrogens with zero attached hydrogens (tertiary/aromatic N) is 3. The lowest BCUT2D eigenvalue weighted by molar-refractivity contribution is -0.133. The van der Waals surface area contributed by atoms with Crippen molar-refractivity contribution in [2.45, 2.75) is 78.9 Å². The molecule has 2 aromatic rings. The largest absolute Gasteiger partial charge is 0.366 e. The molecule has 3 N–H and O–H groups in total. The third kappa shape index (κ3) is 8.22. The van der Waals surface area contributed by atoms with Crippen molar-refractivity contribution in [3.8, 4) is 11.1 Å². The lowest BCUT2D eigenvalue weighted by atomic mass is 9.89. The Bertz CT molecular complexity index is 1190. The zero-order valence-corrected chi connectivity index (χ0v) is 26.0. The Labute approximate surface area is 251 Å². The van der Waals surface area contributed by atoms with Crippen molar-refractivity contribution in [1.82, 2.24) is 15.3 Å². The number of nitrogens with two attached hydrogens (primary N) is 1. The van der Waals surface area contributed by atoms with Crippen LogP contribution in [0.2, 0.25) is 0 Å². The van der Waals surface area contributed by atoms with Crippen LogP contribution < -0.4 is 11.2 Å². The fraction of sp³-hybridized carbons (Fsp3) is 0.545. The first-order valence-electron chi connectivity index (χ1n) is 15.2. The Morgan fingerprint density at radius 3 is 2.49 bits per heavy atom. The number of likely N-dealkylation sites (tertiary alicyclic amines) is 1. The molecule has 4 rings (SSSR count). The molecule has 4 unspecified atom stereocenters. The van der Waals surface area contributed by atoms with E-state index in [1.54, 1.807) is 0 Å². The molecular weight excluding hydrogens is 530 g/mol. The van der Waals surface area contributed by atoms with E-state index in [0.29, 0.717) is 31.3 Å². The first kappa shape index (κ1) is 31.3. The molecule has 1 amide bonds. The van der Waals surface area contributed by atoms with Crippen LogP contribution in [0.15, 0.2) is 53.5 Å². The van der Waals surface area contributed by atoms with E-state index in [2.05, 4.69) is 74.5 Å². The molecule has 4 atom stereocenters. The molecule has 0 bridgehead atoms. The molecule has 0 saturated carbocycles. The Morgan fingerprint density at radius 1 is 1.10 bits per heavy atom. The Morgan fingerprint density at radius 2 is 1.80 bits per heavy atom. The van der Waals surface area contributed by atoms with Crippen LogP contribution in [0.3, 0.4) is 0 Å². The van der Waals surface area contributed by atoms with Crippen molar-refractivity contribution in [2.24, 2.45) is 28.5 Å². The van der Waals surface area contributed by atoms with Crippen LogP contribution in [0.4, 0.5) is 0 Å². The number of aliphatic imine (C=N–C) groups is 1. The van der Waals surface area contributed by atoms with E-state index in [1.165, 1.54) is 6.42 Å². The highest BCUT2D eigenvalue weighted by molar-refractivity contribution is 7.80. The van der Waals surface area contributed by atoms with Gasteiger partial charge in [-0.3, -0.25) is 19.5 Å². The van der Waals surface area contributed by atoms with E-state index in [4.69, 9.17) is 27.8 Å². The number of thiocarbonyl (C=S) groups is 1. The maximum absolute atomic E-state index is 14.1. The van der Waals surface area contributed by atoms with Gasteiger partial charge in [-0.25, -0.2) is 0 Å². The highest BCUT2D eigenvalue weighted by atomic mass is 32.1. The van der Waals surface area contributed by atoms with Crippen molar-refractivity contribution in [2.75, 3.05) is 19.8 Å². The minimum Gasteiger partial charge on any atom is -0.366 e. The number of rotatable bonds is 12. The van der Waals surface area contributed by atoms with E-state index in [0.717, 1.165) is 65.4 Å². The highest BCUT2D eigenvalue weighted by Gasteiger charge is 2.38. The maximum Gasteiger partial charge on any atom is 0.233 e. The number of benzene rings is 2. The number of hydrogen-bond donors (Lipinski definition) is 2. The number of amidine groups is 1. The minimum atomic E-state index is -0.227. The maximum atomic E-state index is 14.1. The van der Waals surface area contributed by atoms with Gasteiger partial charge in [0, 0.05) is 32.5 Å². The number of amides is 1. The first-order chi connectivity index (χ1) is 19.8. The summed E-state index contributed by atoms with van der Waals surface area (Å²) in [5.74, 6) is 2.08. The van der Waals surface area contributed by atoms with E-state index < -0.39 is 0 Å². The predicted octanol–water partition coefficient (Wildman–Crippen LogP) is 5.92. The van der Waals surface area contributed by atoms with Gasteiger partial charge < -0.3 is 10.6 Å². The summed E-state index contributed by atoms with van der Waals surface area (Å²) in [6, 6.07) is 16.7. The number of hydrogen-bond acceptors (Lipinski definition) is 6. The Balaban J connectivity index is 1.50. The van der Waals surface area contributed by atoms with Gasteiger partial charge in [0.2, 0.25) is 5.91 Å². The van der Waals surface area contributed by atoms with Gasteiger partial charge in [-0.1, -0.05) is 87.9 Å². The Hall–Kier alpha value is -2.65. The van der Waals surface area contributed by atoms with E-state index in [-0.39, 0.29) is 24.6 Å². The van der Waals surface area contributed by atoms with Gasteiger partial charge >= 0.3 is 0 Å². The summed E-state index contributed by atoms with van der Waals surface area (Å²) in [6.07, 6.45) is 4.72. The summed E-state index contributed by atoms with van der Waals surface area (Å²) in [6.45, 7) is 12.0. The molecule has 0 spiro atoms. The smallest absolute Gasteiger partial charge is 0.233 e. The molecular formula is C33H47N5O2S. The van der Waals surface area contributed by atoms with E-state index in [1.807, 2.05) is 17.0 Å². The first-order valence-corrected chi connectivity index (χ1v) is 15.6. The molecule has 2 aliphatic heterocycles. The highest BCUT2D eigenvalue weighted by Crippen LogP contribution is 2.30. The molecule has 0 aliphatic carbocycles. The molecule has 0 aromatic heterocycles. The zero-order valence-electron chi connectivity index (χ0n) is 25.1. The van der Waals surface area contributed by atoms with Crippen LogP contribution in [0.5, 0.6) is 0 Å². The molecule has 2 aliphatic rings. The second kappa shape index (κ2) is 15.0. The minimum absolute atomic E-state index is 0.0704. The molecule has 0 radical (unpaired) electrons. The summed E-state index contributed by atoms with van der Waals surface area (Å²) < 4.78 is 0. The van der Waals surface area contributed by atoms with Crippen LogP contribution in [-0.2, 0) is 22.7 Å². The van der Waals surface area contributed by atoms with Crippen LogP contribution in [0.1, 0.15) is 70.9 Å². The van der Waals surface area contributed by atoms with Crippen LogP contribution >= 0.6 is 12.2 Å². The molecule has 7 nitrogen and oxygen atoms in total. The van der Waals surface area contributed by atoms with Crippen LogP contribution in [0.25, 0.3) is 11.1 Å². The average molecular weight is 578 g/mol.